The van der Waals surface area contributed by atoms with Crippen LogP contribution in [-0.2, 0) is 16.3 Å². The highest BCUT2D eigenvalue weighted by atomic mass is 19.4. The number of hydrogen-bond donors (Lipinski definition) is 1. The smallest absolute Gasteiger partial charge is 0.381 e. The molecule has 1 saturated heterocycles. The molecule has 4 rings (SSSR count). The second kappa shape index (κ2) is 8.89. The number of carbonyl (C=O) groups is 1. The Hall–Kier alpha value is -3.34. The van der Waals surface area contributed by atoms with Crippen LogP contribution < -0.4 is 5.32 Å². The van der Waals surface area contributed by atoms with Gasteiger partial charge in [-0.25, -0.2) is 13.5 Å². The molecule has 1 aliphatic heterocycles. The van der Waals surface area contributed by atoms with Gasteiger partial charge in [-0.3, -0.25) is 4.79 Å². The molecular formula is C22H19F5N4O2. The van der Waals surface area contributed by atoms with Gasteiger partial charge in [-0.1, -0.05) is 17.3 Å². The van der Waals surface area contributed by atoms with Gasteiger partial charge in [-0.05, 0) is 54.8 Å². The maximum absolute atomic E-state index is 13.8. The summed E-state index contributed by atoms with van der Waals surface area (Å²) < 4.78 is 74.4. The van der Waals surface area contributed by atoms with Gasteiger partial charge in [0, 0.05) is 25.2 Å². The molecular weight excluding hydrogens is 447 g/mol. The number of alkyl halides is 3. The number of amides is 1. The van der Waals surface area contributed by atoms with Crippen molar-refractivity contribution >= 4 is 5.91 Å². The van der Waals surface area contributed by atoms with Gasteiger partial charge in [0.25, 0.3) is 5.91 Å². The van der Waals surface area contributed by atoms with Crippen LogP contribution in [-0.4, -0.2) is 40.7 Å². The third kappa shape index (κ3) is 4.72. The molecule has 2 aromatic carbocycles. The SMILES string of the molecule is O=C(NCC1(c2cccc(F)c2)CCOCC1)c1nnn(-c2ccc(F)cc2)c1C(F)(F)F. The molecule has 3 aromatic rings. The standard InChI is InChI=1S/C22H19F5N4O2/c23-15-4-6-17(7-5-15)31-19(22(25,26)27)18(29-30-31)20(32)28-13-21(8-10-33-11-9-21)14-2-1-3-16(24)12-14/h1-7,12H,8-11,13H2,(H,28,32). The molecule has 1 amide bonds. The Morgan fingerprint density at radius 1 is 1.06 bits per heavy atom. The first kappa shape index (κ1) is 22.8. The highest BCUT2D eigenvalue weighted by Gasteiger charge is 2.43. The fourth-order valence-corrected chi connectivity index (χ4v) is 3.93. The Morgan fingerprint density at radius 3 is 2.39 bits per heavy atom. The van der Waals surface area contributed by atoms with Crippen LogP contribution in [0.2, 0.25) is 0 Å². The summed E-state index contributed by atoms with van der Waals surface area (Å²) in [6.45, 7) is 0.682. The normalized spacial score (nSPS) is 15.9. The first-order valence-electron chi connectivity index (χ1n) is 10.1. The Bertz CT molecular complexity index is 1140. The third-order valence-electron chi connectivity index (χ3n) is 5.70. The van der Waals surface area contributed by atoms with Gasteiger partial charge in [-0.2, -0.15) is 13.2 Å². The van der Waals surface area contributed by atoms with Crippen molar-refractivity contribution in [2.24, 2.45) is 0 Å². The summed E-state index contributed by atoms with van der Waals surface area (Å²) in [5.74, 6) is -2.16. The first-order valence-corrected chi connectivity index (χ1v) is 10.1. The zero-order chi connectivity index (χ0) is 23.6. The molecule has 0 aliphatic carbocycles. The van der Waals surface area contributed by atoms with Crippen LogP contribution in [0.4, 0.5) is 22.0 Å². The number of hydrogen-bond acceptors (Lipinski definition) is 4. The van der Waals surface area contributed by atoms with Crippen LogP contribution in [0.5, 0.6) is 0 Å². The molecule has 2 heterocycles. The maximum atomic E-state index is 13.8. The lowest BCUT2D eigenvalue weighted by molar-refractivity contribution is -0.143. The summed E-state index contributed by atoms with van der Waals surface area (Å²) >= 11 is 0. The zero-order valence-corrected chi connectivity index (χ0v) is 17.2. The molecule has 0 radical (unpaired) electrons. The van der Waals surface area contributed by atoms with Gasteiger partial charge in [0.05, 0.1) is 5.69 Å². The number of ether oxygens (including phenoxy) is 1. The summed E-state index contributed by atoms with van der Waals surface area (Å²) in [6, 6.07) is 10.0. The number of nitrogens with zero attached hydrogens (tertiary/aromatic N) is 3. The van der Waals surface area contributed by atoms with Gasteiger partial charge in [0.1, 0.15) is 11.6 Å². The van der Waals surface area contributed by atoms with E-state index in [4.69, 9.17) is 4.74 Å². The van der Waals surface area contributed by atoms with Gasteiger partial charge in [-0.15, -0.1) is 5.10 Å². The second-order valence-electron chi connectivity index (χ2n) is 7.76. The molecule has 0 spiro atoms. The van der Waals surface area contributed by atoms with Gasteiger partial charge >= 0.3 is 6.18 Å². The van der Waals surface area contributed by atoms with E-state index >= 15 is 0 Å². The van der Waals surface area contributed by atoms with Gasteiger partial charge < -0.3 is 10.1 Å². The van der Waals surface area contributed by atoms with Crippen LogP contribution in [0.1, 0.15) is 34.6 Å². The average molecular weight is 466 g/mol. The highest BCUT2D eigenvalue weighted by Crippen LogP contribution is 2.36. The summed E-state index contributed by atoms with van der Waals surface area (Å²) in [4.78, 5) is 12.8. The predicted octanol–water partition coefficient (Wildman–Crippen LogP) is 4.04. The van der Waals surface area contributed by atoms with Gasteiger partial charge in [0.15, 0.2) is 11.4 Å². The molecule has 33 heavy (non-hydrogen) atoms. The molecule has 0 atom stereocenters. The molecule has 1 aromatic heterocycles. The number of rotatable bonds is 5. The van der Waals surface area contributed by atoms with Crippen molar-refractivity contribution in [1.29, 1.82) is 0 Å². The number of benzene rings is 2. The average Bonchev–Trinajstić information content (AvgIpc) is 3.25. The zero-order valence-electron chi connectivity index (χ0n) is 17.2. The number of aromatic nitrogens is 3. The predicted molar refractivity (Wildman–Crippen MR) is 107 cm³/mol. The minimum Gasteiger partial charge on any atom is -0.381 e. The fraction of sp³-hybridized carbons (Fsp3) is 0.318. The molecule has 1 N–H and O–H groups in total. The van der Waals surface area contributed by atoms with Crippen molar-refractivity contribution in [3.63, 3.8) is 0 Å². The van der Waals surface area contributed by atoms with Crippen molar-refractivity contribution in [3.05, 3.63) is 77.1 Å². The lowest BCUT2D eigenvalue weighted by Gasteiger charge is -2.38. The van der Waals surface area contributed by atoms with Crippen LogP contribution >= 0.6 is 0 Å². The molecule has 6 nitrogen and oxygen atoms in total. The summed E-state index contributed by atoms with van der Waals surface area (Å²) in [6.07, 6.45) is -4.06. The van der Waals surface area contributed by atoms with E-state index in [9.17, 15) is 26.7 Å². The topological polar surface area (TPSA) is 69.0 Å². The third-order valence-corrected chi connectivity index (χ3v) is 5.70. The molecule has 0 unspecified atom stereocenters. The number of halogens is 5. The van der Waals surface area contributed by atoms with Gasteiger partial charge in [0.2, 0.25) is 0 Å². The first-order chi connectivity index (χ1) is 15.7. The lowest BCUT2D eigenvalue weighted by Crippen LogP contribution is -2.45. The van der Waals surface area contributed by atoms with Crippen LogP contribution in [0.15, 0.2) is 48.5 Å². The van der Waals surface area contributed by atoms with Crippen LogP contribution in [0, 0.1) is 11.6 Å². The fourth-order valence-electron chi connectivity index (χ4n) is 3.93. The Kier molecular flexibility index (Phi) is 6.15. The van der Waals surface area contributed by atoms with Crippen LogP contribution in [0.25, 0.3) is 5.69 Å². The molecule has 1 aliphatic rings. The molecule has 0 saturated carbocycles. The maximum Gasteiger partial charge on any atom is 0.435 e. The Morgan fingerprint density at radius 2 is 1.76 bits per heavy atom. The minimum absolute atomic E-state index is 0.0423. The van der Waals surface area contributed by atoms with E-state index in [1.54, 1.807) is 12.1 Å². The summed E-state index contributed by atoms with van der Waals surface area (Å²) in [7, 11) is 0. The number of nitrogens with one attached hydrogen (secondary N) is 1. The Labute approximate surface area is 185 Å². The van der Waals surface area contributed by atoms with Crippen LogP contribution in [0.3, 0.4) is 0 Å². The molecule has 174 valence electrons. The summed E-state index contributed by atoms with van der Waals surface area (Å²) in [5.41, 5.74) is -2.47. The van der Waals surface area contributed by atoms with Crippen molar-refractivity contribution < 1.29 is 31.5 Å². The van der Waals surface area contributed by atoms with Crippen molar-refractivity contribution in [2.45, 2.75) is 24.4 Å². The Balaban J connectivity index is 1.63. The minimum atomic E-state index is -4.95. The van der Waals surface area contributed by atoms with Crippen molar-refractivity contribution in [2.75, 3.05) is 19.8 Å². The van der Waals surface area contributed by atoms with E-state index < -0.39 is 40.5 Å². The van der Waals surface area contributed by atoms with E-state index in [0.717, 1.165) is 24.3 Å². The quantitative estimate of drug-likeness (QED) is 0.577. The lowest BCUT2D eigenvalue weighted by atomic mass is 9.74. The van der Waals surface area contributed by atoms with Crippen molar-refractivity contribution in [3.8, 4) is 5.69 Å². The highest BCUT2D eigenvalue weighted by molar-refractivity contribution is 5.93. The molecule has 0 bridgehead atoms. The van der Waals surface area contributed by atoms with E-state index in [0.29, 0.717) is 36.3 Å². The second-order valence-corrected chi connectivity index (χ2v) is 7.76. The molecule has 1 fully saturated rings. The molecule has 11 heteroatoms. The van der Waals surface area contributed by atoms with E-state index in [1.165, 1.54) is 12.1 Å². The van der Waals surface area contributed by atoms with Crippen molar-refractivity contribution in [1.82, 2.24) is 20.3 Å². The van der Waals surface area contributed by atoms with E-state index in [2.05, 4.69) is 15.6 Å². The van der Waals surface area contributed by atoms with E-state index in [1.807, 2.05) is 0 Å². The summed E-state index contributed by atoms with van der Waals surface area (Å²) in [5, 5.41) is 9.46. The largest absolute Gasteiger partial charge is 0.435 e. The monoisotopic (exact) mass is 466 g/mol. The van der Waals surface area contributed by atoms with E-state index in [-0.39, 0.29) is 12.2 Å². The number of carbonyl (C=O) groups excluding carboxylic acids is 1.